The highest BCUT2D eigenvalue weighted by atomic mass is 16.2. The van der Waals surface area contributed by atoms with Crippen molar-refractivity contribution >= 4 is 11.6 Å². The van der Waals surface area contributed by atoms with Crippen LogP contribution in [0.15, 0.2) is 17.2 Å². The Morgan fingerprint density at radius 3 is 2.64 bits per heavy atom. The molecule has 134 valence electrons. The van der Waals surface area contributed by atoms with Crippen LogP contribution in [0.2, 0.25) is 0 Å². The van der Waals surface area contributed by atoms with E-state index in [2.05, 4.69) is 29.4 Å². The zero-order chi connectivity index (χ0) is 17.8. The van der Waals surface area contributed by atoms with E-state index in [0.29, 0.717) is 30.4 Å². The summed E-state index contributed by atoms with van der Waals surface area (Å²) in [6, 6.07) is 0. The summed E-state index contributed by atoms with van der Waals surface area (Å²) in [6.45, 7) is 5.01. The van der Waals surface area contributed by atoms with Crippen LogP contribution >= 0.6 is 0 Å². The number of hydrogen-bond acceptors (Lipinski definition) is 4. The van der Waals surface area contributed by atoms with Gasteiger partial charge < -0.3 is 9.88 Å². The Labute approximate surface area is 146 Å². The fourth-order valence-corrected chi connectivity index (χ4v) is 5.03. The van der Waals surface area contributed by atoms with Crippen molar-refractivity contribution in [2.45, 2.75) is 46.0 Å². The normalized spacial score (nSPS) is 27.1. The number of carbonyl (C=O) groups is 1. The van der Waals surface area contributed by atoms with Gasteiger partial charge in [-0.05, 0) is 37.0 Å². The molecule has 4 rings (SSSR count). The number of carbonyl (C=O) groups excluding carboxylic acids is 1. The van der Waals surface area contributed by atoms with Crippen molar-refractivity contribution in [1.82, 2.24) is 24.5 Å². The summed E-state index contributed by atoms with van der Waals surface area (Å²) in [4.78, 5) is 24.9. The lowest BCUT2D eigenvalue weighted by Crippen LogP contribution is -2.46. The standard InChI is InChI=1S/C18H25N5O2/c1-17(2)12-4-7-18(17,8-5-12)16(25)19-9-6-13-20-21-14-15(24)22(3)10-11-23(13)14/h10-12H,4-9H2,1-3H3,(H,19,25). The number of amides is 1. The molecule has 0 aromatic carbocycles. The van der Waals surface area contributed by atoms with Gasteiger partial charge in [0.15, 0.2) is 0 Å². The highest BCUT2D eigenvalue weighted by Crippen LogP contribution is 2.65. The fourth-order valence-electron chi connectivity index (χ4n) is 5.03. The SMILES string of the molecule is Cn1ccn2c(CCNC(=O)C34CCC(CC3)C4(C)C)nnc2c1=O. The lowest BCUT2D eigenvalue weighted by molar-refractivity contribution is -0.135. The summed E-state index contributed by atoms with van der Waals surface area (Å²) in [5.41, 5.74) is 0.0279. The maximum absolute atomic E-state index is 12.9. The molecule has 2 aliphatic rings. The highest BCUT2D eigenvalue weighted by Gasteiger charge is 2.62. The van der Waals surface area contributed by atoms with Crippen molar-refractivity contribution in [1.29, 1.82) is 0 Å². The summed E-state index contributed by atoms with van der Waals surface area (Å²) >= 11 is 0. The molecule has 2 heterocycles. The lowest BCUT2D eigenvalue weighted by Gasteiger charge is -2.36. The first-order chi connectivity index (χ1) is 11.9. The number of rotatable bonds is 4. The van der Waals surface area contributed by atoms with Crippen molar-refractivity contribution in [2.24, 2.45) is 23.8 Å². The van der Waals surface area contributed by atoms with Gasteiger partial charge in [0.25, 0.3) is 5.56 Å². The van der Waals surface area contributed by atoms with Gasteiger partial charge in [-0.2, -0.15) is 0 Å². The van der Waals surface area contributed by atoms with Gasteiger partial charge in [-0.3, -0.25) is 14.0 Å². The van der Waals surface area contributed by atoms with Crippen LogP contribution in [-0.4, -0.2) is 31.6 Å². The molecular formula is C18H25N5O2. The first kappa shape index (κ1) is 16.3. The second kappa shape index (κ2) is 5.41. The predicted octanol–water partition coefficient (Wildman–Crippen LogP) is 1.30. The van der Waals surface area contributed by atoms with Gasteiger partial charge in [0.1, 0.15) is 5.82 Å². The Balaban J connectivity index is 1.46. The van der Waals surface area contributed by atoms with E-state index < -0.39 is 0 Å². The van der Waals surface area contributed by atoms with E-state index in [1.165, 1.54) is 17.4 Å². The van der Waals surface area contributed by atoms with E-state index in [4.69, 9.17) is 0 Å². The van der Waals surface area contributed by atoms with Crippen LogP contribution in [0.5, 0.6) is 0 Å². The molecule has 0 unspecified atom stereocenters. The third-order valence-electron chi connectivity index (χ3n) is 6.88. The van der Waals surface area contributed by atoms with Gasteiger partial charge in [0.2, 0.25) is 11.6 Å². The summed E-state index contributed by atoms with van der Waals surface area (Å²) in [6.07, 6.45) is 8.37. The lowest BCUT2D eigenvalue weighted by atomic mass is 9.68. The van der Waals surface area contributed by atoms with Crippen molar-refractivity contribution in [2.75, 3.05) is 6.54 Å². The molecule has 2 aromatic rings. The molecule has 2 aliphatic carbocycles. The van der Waals surface area contributed by atoms with Gasteiger partial charge in [0, 0.05) is 32.4 Å². The Bertz CT molecular complexity index is 886. The summed E-state index contributed by atoms with van der Waals surface area (Å²) in [5.74, 6) is 1.55. The molecule has 0 atom stereocenters. The Morgan fingerprint density at radius 1 is 1.28 bits per heavy atom. The van der Waals surface area contributed by atoms with Gasteiger partial charge in [-0.15, -0.1) is 10.2 Å². The fraction of sp³-hybridized carbons (Fsp3) is 0.667. The average Bonchev–Trinajstić information content (AvgIpc) is 3.20. The third-order valence-corrected chi connectivity index (χ3v) is 6.88. The molecule has 0 radical (unpaired) electrons. The topological polar surface area (TPSA) is 81.3 Å². The molecule has 1 N–H and O–H groups in total. The molecule has 2 saturated carbocycles. The Morgan fingerprint density at radius 2 is 2.00 bits per heavy atom. The number of aromatic nitrogens is 4. The van der Waals surface area contributed by atoms with Crippen LogP contribution in [0.3, 0.4) is 0 Å². The van der Waals surface area contributed by atoms with E-state index >= 15 is 0 Å². The molecular weight excluding hydrogens is 318 g/mol. The number of nitrogens with zero attached hydrogens (tertiary/aromatic N) is 4. The number of hydrogen-bond donors (Lipinski definition) is 1. The molecule has 0 saturated heterocycles. The van der Waals surface area contributed by atoms with E-state index in [9.17, 15) is 9.59 Å². The quantitative estimate of drug-likeness (QED) is 0.907. The second-order valence-electron chi connectivity index (χ2n) is 8.11. The highest BCUT2D eigenvalue weighted by molar-refractivity contribution is 5.84. The monoisotopic (exact) mass is 343 g/mol. The maximum atomic E-state index is 12.9. The van der Waals surface area contributed by atoms with Crippen LogP contribution < -0.4 is 10.9 Å². The molecule has 2 fully saturated rings. The van der Waals surface area contributed by atoms with Crippen molar-refractivity contribution < 1.29 is 4.79 Å². The minimum Gasteiger partial charge on any atom is -0.355 e. The Kier molecular flexibility index (Phi) is 3.53. The molecule has 7 heteroatoms. The minimum absolute atomic E-state index is 0.0881. The molecule has 7 nitrogen and oxygen atoms in total. The Hall–Kier alpha value is -2.18. The number of nitrogens with one attached hydrogen (secondary N) is 1. The first-order valence-corrected chi connectivity index (χ1v) is 9.04. The average molecular weight is 343 g/mol. The van der Waals surface area contributed by atoms with Crippen molar-refractivity contribution in [3.05, 3.63) is 28.6 Å². The largest absolute Gasteiger partial charge is 0.355 e. The van der Waals surface area contributed by atoms with E-state index in [0.717, 1.165) is 12.8 Å². The second-order valence-corrected chi connectivity index (χ2v) is 8.11. The molecule has 0 aliphatic heterocycles. The van der Waals surface area contributed by atoms with Crippen LogP contribution in [0.4, 0.5) is 0 Å². The smallest absolute Gasteiger partial charge is 0.295 e. The zero-order valence-electron chi connectivity index (χ0n) is 15.1. The summed E-state index contributed by atoms with van der Waals surface area (Å²) in [5, 5.41) is 11.2. The van der Waals surface area contributed by atoms with Crippen molar-refractivity contribution in [3.63, 3.8) is 0 Å². The van der Waals surface area contributed by atoms with Crippen molar-refractivity contribution in [3.8, 4) is 0 Å². The van der Waals surface area contributed by atoms with Crippen LogP contribution in [0.1, 0.15) is 45.4 Å². The number of aryl methyl sites for hydroxylation is 1. The summed E-state index contributed by atoms with van der Waals surface area (Å²) < 4.78 is 3.19. The van der Waals surface area contributed by atoms with Crippen LogP contribution in [0, 0.1) is 16.7 Å². The molecule has 0 spiro atoms. The summed E-state index contributed by atoms with van der Waals surface area (Å²) in [7, 11) is 1.69. The van der Waals surface area contributed by atoms with E-state index in [1.807, 2.05) is 0 Å². The molecule has 2 aromatic heterocycles. The van der Waals surface area contributed by atoms with Gasteiger partial charge in [-0.1, -0.05) is 13.8 Å². The third kappa shape index (κ3) is 2.17. The molecule has 1 amide bonds. The first-order valence-electron chi connectivity index (χ1n) is 9.04. The van der Waals surface area contributed by atoms with Gasteiger partial charge in [0.05, 0.1) is 5.41 Å². The minimum atomic E-state index is -0.208. The zero-order valence-corrected chi connectivity index (χ0v) is 15.1. The molecule has 25 heavy (non-hydrogen) atoms. The van der Waals surface area contributed by atoms with E-state index in [-0.39, 0.29) is 22.3 Å². The van der Waals surface area contributed by atoms with Gasteiger partial charge in [-0.25, -0.2) is 0 Å². The van der Waals surface area contributed by atoms with Crippen LogP contribution in [-0.2, 0) is 18.3 Å². The number of fused-ring (bicyclic) bond motifs is 3. The van der Waals surface area contributed by atoms with Crippen LogP contribution in [0.25, 0.3) is 5.65 Å². The molecule has 2 bridgehead atoms. The van der Waals surface area contributed by atoms with Gasteiger partial charge >= 0.3 is 0 Å². The maximum Gasteiger partial charge on any atom is 0.295 e. The van der Waals surface area contributed by atoms with E-state index in [1.54, 1.807) is 23.8 Å². The predicted molar refractivity (Wildman–Crippen MR) is 93.1 cm³/mol.